The zero-order chi connectivity index (χ0) is 44.1. The largest absolute Gasteiger partial charge is 0.494 e. The number of ether oxygens (including phenoxy) is 1. The lowest BCUT2D eigenvalue weighted by Crippen LogP contribution is -2.44. The number of hydrogen-bond donors (Lipinski definition) is 4. The second kappa shape index (κ2) is 22.4. The average molecular weight is 885 g/mol. The molecule has 4 aromatic carbocycles. The fraction of sp³-hybridized carbons (Fsp3) is 0.442. The number of nitrogens with zero attached hydrogens (tertiary/aromatic N) is 5. The minimum absolute atomic E-state index is 0.0950. The number of anilines is 2. The summed E-state index contributed by atoms with van der Waals surface area (Å²) in [4.78, 5) is 36.7. The van der Waals surface area contributed by atoms with Crippen molar-refractivity contribution >= 4 is 50.9 Å². The van der Waals surface area contributed by atoms with E-state index >= 15 is 0 Å². The predicted octanol–water partition coefficient (Wildman–Crippen LogP) is 10.1. The average Bonchev–Trinajstić information content (AvgIpc) is 3.93. The smallest absolute Gasteiger partial charge is 0.220 e. The number of aromatic nitrogens is 4. The maximum Gasteiger partial charge on any atom is 0.220 e. The summed E-state index contributed by atoms with van der Waals surface area (Å²) in [5.41, 5.74) is 12.7. The highest BCUT2D eigenvalue weighted by molar-refractivity contribution is 6.18. The van der Waals surface area contributed by atoms with Gasteiger partial charge in [-0.2, -0.15) is 0 Å². The van der Waals surface area contributed by atoms with Gasteiger partial charge in [0.2, 0.25) is 5.91 Å². The van der Waals surface area contributed by atoms with Gasteiger partial charge in [0, 0.05) is 92.9 Å². The fourth-order valence-electron chi connectivity index (χ4n) is 8.69. The summed E-state index contributed by atoms with van der Waals surface area (Å²) in [7, 11) is 2.18. The monoisotopic (exact) mass is 884 g/mol. The number of fused-ring (bicyclic) bond motifs is 2. The van der Waals surface area contributed by atoms with Gasteiger partial charge in [0.15, 0.2) is 0 Å². The number of rotatable bonds is 23. The van der Waals surface area contributed by atoms with Crippen LogP contribution >= 0.6 is 11.6 Å². The molecule has 4 N–H and O–H groups in total. The molecule has 1 aliphatic heterocycles. The molecule has 2 fully saturated rings. The Bertz CT molecular complexity index is 2450. The summed E-state index contributed by atoms with van der Waals surface area (Å²) < 4.78 is 6.03. The molecule has 338 valence electrons. The van der Waals surface area contributed by atoms with Crippen LogP contribution in [0.4, 0.5) is 11.4 Å². The van der Waals surface area contributed by atoms with Crippen molar-refractivity contribution in [3.05, 3.63) is 102 Å². The SMILES string of the molecule is CCCCN(CCCl)c1ccc(CCCC(NCCNC(=O)CCCCOc2ccc(-c3nc4ccc(-c5nc6ccc(N7CCN(C)CC7)cc6[nH]5)cc4[nH]3)cc2)=C2CCC2)cc1. The van der Waals surface area contributed by atoms with E-state index in [1.807, 2.05) is 30.3 Å². The van der Waals surface area contributed by atoms with Crippen molar-refractivity contribution in [1.29, 1.82) is 0 Å². The van der Waals surface area contributed by atoms with Gasteiger partial charge in [-0.15, -0.1) is 11.6 Å². The second-order valence-corrected chi connectivity index (χ2v) is 17.9. The Labute approximate surface area is 384 Å². The zero-order valence-electron chi connectivity index (χ0n) is 37.9. The quantitative estimate of drug-likeness (QED) is 0.0371. The van der Waals surface area contributed by atoms with Crippen LogP contribution in [-0.4, -0.2) is 103 Å². The fourth-order valence-corrected chi connectivity index (χ4v) is 8.89. The Balaban J connectivity index is 0.723. The number of nitrogens with one attached hydrogen (secondary N) is 4. The van der Waals surface area contributed by atoms with E-state index < -0.39 is 0 Å². The number of alkyl halides is 1. The normalized spacial score (nSPS) is 14.2. The van der Waals surface area contributed by atoms with Crippen molar-refractivity contribution in [2.45, 2.75) is 77.6 Å². The number of halogens is 1. The number of aromatic amines is 2. The lowest BCUT2D eigenvalue weighted by molar-refractivity contribution is -0.121. The number of carbonyl (C=O) groups excluding carboxylic acids is 1. The Morgan fingerprint density at radius 1 is 0.766 bits per heavy atom. The van der Waals surface area contributed by atoms with Crippen LogP contribution in [-0.2, 0) is 11.2 Å². The maximum absolute atomic E-state index is 12.6. The summed E-state index contributed by atoms with van der Waals surface area (Å²) in [6.07, 6.45) is 11.3. The van der Waals surface area contributed by atoms with Crippen LogP contribution in [0.2, 0.25) is 0 Å². The molecule has 1 saturated carbocycles. The zero-order valence-corrected chi connectivity index (χ0v) is 38.6. The standard InChI is InChI=1S/C52H66ClN9O2/c1-3-4-29-61(30-26-53)42-19-14-38(15-20-42)9-7-12-45(39-10-8-11-39)54-27-28-55-50(63)13-5-6-35-64-44-22-16-40(17-23-44)51-56-46-24-18-41(36-48(46)58-51)52-57-47-25-21-43(37-49(47)59-52)62-33-31-60(2)32-34-62/h14-25,36-37,54H,3-13,26-35H2,1-2H3,(H,55,63)(H,56,58)(H,57,59). The molecule has 64 heavy (non-hydrogen) atoms. The molecule has 6 aromatic rings. The van der Waals surface area contributed by atoms with Gasteiger partial charge >= 0.3 is 0 Å². The molecular formula is C52H66ClN9O2. The van der Waals surface area contributed by atoms with Crippen LogP contribution in [0.1, 0.15) is 76.7 Å². The van der Waals surface area contributed by atoms with E-state index in [9.17, 15) is 4.79 Å². The minimum atomic E-state index is 0.0950. The van der Waals surface area contributed by atoms with Gasteiger partial charge in [-0.1, -0.05) is 31.1 Å². The summed E-state index contributed by atoms with van der Waals surface area (Å²) in [6.45, 7) is 10.3. The van der Waals surface area contributed by atoms with Gasteiger partial charge in [-0.3, -0.25) is 4.79 Å². The Morgan fingerprint density at radius 3 is 2.19 bits per heavy atom. The van der Waals surface area contributed by atoms with Crippen LogP contribution in [0.5, 0.6) is 5.75 Å². The number of piperazine rings is 1. The third kappa shape index (κ3) is 12.0. The van der Waals surface area contributed by atoms with Gasteiger partial charge in [-0.05, 0) is 143 Å². The van der Waals surface area contributed by atoms with Crippen molar-refractivity contribution in [2.75, 3.05) is 81.7 Å². The number of amides is 1. The van der Waals surface area contributed by atoms with Crippen molar-refractivity contribution in [1.82, 2.24) is 35.5 Å². The number of H-pyrrole nitrogens is 2. The Hall–Kier alpha value is -5.52. The predicted molar refractivity (Wildman–Crippen MR) is 265 cm³/mol. The molecule has 0 unspecified atom stereocenters. The van der Waals surface area contributed by atoms with Gasteiger partial charge < -0.3 is 40.0 Å². The first kappa shape index (κ1) is 45.1. The highest BCUT2D eigenvalue weighted by Crippen LogP contribution is 2.31. The molecule has 0 radical (unpaired) electrons. The molecule has 0 bridgehead atoms. The van der Waals surface area contributed by atoms with Crippen molar-refractivity contribution < 1.29 is 9.53 Å². The van der Waals surface area contributed by atoms with Gasteiger partial charge in [0.25, 0.3) is 0 Å². The van der Waals surface area contributed by atoms with Crippen LogP contribution in [0.15, 0.2) is 96.2 Å². The molecule has 1 saturated heterocycles. The lowest BCUT2D eigenvalue weighted by atomic mass is 9.89. The summed E-state index contributed by atoms with van der Waals surface area (Å²) in [6, 6.07) is 29.8. The first-order chi connectivity index (χ1) is 31.4. The number of carbonyl (C=O) groups is 1. The molecule has 1 amide bonds. The van der Waals surface area contributed by atoms with Gasteiger partial charge in [0.1, 0.15) is 17.4 Å². The number of imidazole rings is 2. The minimum Gasteiger partial charge on any atom is -0.494 e. The summed E-state index contributed by atoms with van der Waals surface area (Å²) in [5.74, 6) is 3.20. The Morgan fingerprint density at radius 2 is 1.47 bits per heavy atom. The molecule has 2 aromatic heterocycles. The van der Waals surface area contributed by atoms with Crippen LogP contribution < -0.4 is 25.2 Å². The maximum atomic E-state index is 12.6. The number of likely N-dealkylation sites (N-methyl/N-ethyl adjacent to an activating group) is 1. The summed E-state index contributed by atoms with van der Waals surface area (Å²) in [5, 5.41) is 6.78. The summed E-state index contributed by atoms with van der Waals surface area (Å²) >= 11 is 6.08. The number of aryl methyl sites for hydroxylation is 1. The first-order valence-electron chi connectivity index (χ1n) is 23.7. The topological polar surface area (TPSA) is 117 Å². The molecular weight excluding hydrogens is 818 g/mol. The molecule has 3 heterocycles. The lowest BCUT2D eigenvalue weighted by Gasteiger charge is -2.34. The van der Waals surface area contributed by atoms with Gasteiger partial charge in [-0.25, -0.2) is 9.97 Å². The van der Waals surface area contributed by atoms with Crippen molar-refractivity contribution in [3.63, 3.8) is 0 Å². The molecule has 8 rings (SSSR count). The van der Waals surface area contributed by atoms with E-state index in [1.165, 1.54) is 54.7 Å². The van der Waals surface area contributed by atoms with Crippen LogP contribution in [0.25, 0.3) is 44.8 Å². The molecule has 0 spiro atoms. The van der Waals surface area contributed by atoms with Gasteiger partial charge in [0.05, 0.1) is 28.7 Å². The van der Waals surface area contributed by atoms with E-state index in [0.717, 1.165) is 129 Å². The van der Waals surface area contributed by atoms with Crippen LogP contribution in [0.3, 0.4) is 0 Å². The van der Waals surface area contributed by atoms with E-state index in [0.29, 0.717) is 25.5 Å². The number of hydrogen-bond acceptors (Lipinski definition) is 8. The van der Waals surface area contributed by atoms with Crippen molar-refractivity contribution in [3.8, 4) is 28.5 Å². The third-order valence-corrected chi connectivity index (χ3v) is 13.0. The molecule has 12 heteroatoms. The van der Waals surface area contributed by atoms with E-state index in [4.69, 9.17) is 26.3 Å². The molecule has 0 atom stereocenters. The molecule has 1 aliphatic carbocycles. The highest BCUT2D eigenvalue weighted by atomic mass is 35.5. The highest BCUT2D eigenvalue weighted by Gasteiger charge is 2.17. The molecule has 2 aliphatic rings. The van der Waals surface area contributed by atoms with E-state index in [-0.39, 0.29) is 5.91 Å². The third-order valence-electron chi connectivity index (χ3n) is 12.8. The Kier molecular flexibility index (Phi) is 15.8. The number of allylic oxidation sites excluding steroid dienone is 2. The number of unbranched alkanes of at least 4 members (excludes halogenated alkanes) is 2. The van der Waals surface area contributed by atoms with E-state index in [2.05, 4.69) is 104 Å². The first-order valence-corrected chi connectivity index (χ1v) is 24.2. The molecule has 11 nitrogen and oxygen atoms in total. The van der Waals surface area contributed by atoms with E-state index in [1.54, 1.807) is 5.57 Å². The van der Waals surface area contributed by atoms with Crippen molar-refractivity contribution in [2.24, 2.45) is 0 Å². The second-order valence-electron chi connectivity index (χ2n) is 17.5. The van der Waals surface area contributed by atoms with Crippen LogP contribution in [0, 0.1) is 0 Å². The number of benzene rings is 4.